The molecule has 4 aromatic rings. The second-order valence-corrected chi connectivity index (χ2v) is 19.6. The molecule has 0 aliphatic heterocycles. The number of nitrogens with zero attached hydrogens (tertiary/aromatic N) is 1. The number of pyridine rings is 1. The van der Waals surface area contributed by atoms with Crippen LogP contribution in [0.25, 0.3) is 0 Å². The summed E-state index contributed by atoms with van der Waals surface area (Å²) in [6.45, 7) is 26.4. The van der Waals surface area contributed by atoms with Crippen LogP contribution in [0.3, 0.4) is 0 Å². The average molecular weight is 748 g/mol. The first-order chi connectivity index (χ1) is 18.1. The SMILES string of the molecule is CC(C)(C)c1ccc(Br)cn1.CC(C)(C)c1ccc(Br)s1.CC(C)(C)c1ccc(Cl)s1.CC(C)(C)c1cccs1. The zero-order valence-electron chi connectivity index (χ0n) is 26.1. The highest BCUT2D eigenvalue weighted by atomic mass is 79.9. The topological polar surface area (TPSA) is 12.9 Å². The van der Waals surface area contributed by atoms with E-state index in [0.717, 1.165) is 14.5 Å². The minimum absolute atomic E-state index is 0.153. The lowest BCUT2D eigenvalue weighted by atomic mass is 9.92. The second kappa shape index (κ2) is 15.8. The van der Waals surface area contributed by atoms with Crippen LogP contribution in [0.2, 0.25) is 4.34 Å². The Kier molecular flexibility index (Phi) is 14.8. The molecule has 0 aliphatic carbocycles. The number of thiophene rings is 3. The predicted molar refractivity (Wildman–Crippen MR) is 192 cm³/mol. The summed E-state index contributed by atoms with van der Waals surface area (Å²) >= 11 is 17.9. The van der Waals surface area contributed by atoms with Crippen molar-refractivity contribution in [1.29, 1.82) is 0 Å². The molecule has 0 aliphatic rings. The van der Waals surface area contributed by atoms with Crippen LogP contribution in [0.1, 0.15) is 103 Å². The van der Waals surface area contributed by atoms with E-state index in [4.69, 9.17) is 11.6 Å². The molecule has 0 spiro atoms. The molecule has 1 nitrogen and oxygen atoms in total. The van der Waals surface area contributed by atoms with Crippen LogP contribution in [0.4, 0.5) is 0 Å². The van der Waals surface area contributed by atoms with Crippen LogP contribution in [-0.4, -0.2) is 4.98 Å². The maximum atomic E-state index is 5.78. The Bertz CT molecular complexity index is 1190. The molecule has 4 heterocycles. The molecule has 0 bridgehead atoms. The van der Waals surface area contributed by atoms with Gasteiger partial charge in [0, 0.05) is 36.4 Å². The molecular formula is C33H46Br2ClNS3. The van der Waals surface area contributed by atoms with E-state index in [9.17, 15) is 0 Å². The molecule has 0 saturated carbocycles. The minimum Gasteiger partial charge on any atom is -0.260 e. The maximum Gasteiger partial charge on any atom is 0.0931 e. The fourth-order valence-corrected chi connectivity index (χ4v) is 6.55. The zero-order chi connectivity index (χ0) is 30.9. The van der Waals surface area contributed by atoms with E-state index in [2.05, 4.69) is 156 Å². The summed E-state index contributed by atoms with van der Waals surface area (Å²) in [5, 5.41) is 2.13. The summed E-state index contributed by atoms with van der Waals surface area (Å²) < 4.78 is 3.13. The van der Waals surface area contributed by atoms with Gasteiger partial charge in [-0.2, -0.15) is 0 Å². The lowest BCUT2D eigenvalue weighted by Crippen LogP contribution is -2.12. The summed E-state index contributed by atoms with van der Waals surface area (Å²) in [5.41, 5.74) is 2.17. The van der Waals surface area contributed by atoms with E-state index in [-0.39, 0.29) is 10.8 Å². The summed E-state index contributed by atoms with van der Waals surface area (Å²) in [4.78, 5) is 8.54. The molecule has 7 heteroatoms. The van der Waals surface area contributed by atoms with E-state index < -0.39 is 0 Å². The van der Waals surface area contributed by atoms with Gasteiger partial charge in [0.2, 0.25) is 0 Å². The quantitative estimate of drug-likeness (QED) is 0.175. The molecule has 0 N–H and O–H groups in total. The minimum atomic E-state index is 0.153. The smallest absolute Gasteiger partial charge is 0.0931 e. The van der Waals surface area contributed by atoms with E-state index in [1.165, 1.54) is 18.4 Å². The van der Waals surface area contributed by atoms with Gasteiger partial charge in [-0.1, -0.05) is 101 Å². The molecule has 0 unspecified atom stereocenters. The Morgan fingerprint density at radius 2 is 1.12 bits per heavy atom. The molecule has 0 saturated heterocycles. The fourth-order valence-electron chi connectivity index (χ4n) is 2.96. The molecule has 0 aromatic carbocycles. The molecule has 4 rings (SSSR count). The van der Waals surface area contributed by atoms with Crippen molar-refractivity contribution in [3.8, 4) is 0 Å². The first-order valence-corrected chi connectivity index (χ1v) is 17.8. The number of halogens is 3. The van der Waals surface area contributed by atoms with Crippen molar-refractivity contribution in [2.24, 2.45) is 0 Å². The first kappa shape index (κ1) is 37.5. The van der Waals surface area contributed by atoms with Crippen LogP contribution >= 0.6 is 77.5 Å². The Morgan fingerprint density at radius 3 is 1.38 bits per heavy atom. The Hall–Kier alpha value is -0.500. The fraction of sp³-hybridized carbons (Fsp3) is 0.485. The summed E-state index contributed by atoms with van der Waals surface area (Å²) in [5.74, 6) is 0. The van der Waals surface area contributed by atoms with Crippen molar-refractivity contribution < 1.29 is 0 Å². The maximum absolute atomic E-state index is 5.78. The molecule has 0 amide bonds. The van der Waals surface area contributed by atoms with Crippen molar-refractivity contribution in [3.63, 3.8) is 0 Å². The van der Waals surface area contributed by atoms with Gasteiger partial charge in [0.1, 0.15) is 0 Å². The van der Waals surface area contributed by atoms with Gasteiger partial charge in [0.25, 0.3) is 0 Å². The van der Waals surface area contributed by atoms with Gasteiger partial charge in [-0.15, -0.1) is 34.0 Å². The third-order valence-electron chi connectivity index (χ3n) is 5.38. The largest absolute Gasteiger partial charge is 0.260 e. The van der Waals surface area contributed by atoms with Gasteiger partial charge in [-0.05, 0) is 95.9 Å². The molecule has 0 fully saturated rings. The first-order valence-electron chi connectivity index (χ1n) is 13.3. The highest BCUT2D eigenvalue weighted by molar-refractivity contribution is 9.11. The van der Waals surface area contributed by atoms with E-state index >= 15 is 0 Å². The van der Waals surface area contributed by atoms with Crippen molar-refractivity contribution in [2.45, 2.75) is 105 Å². The molecule has 222 valence electrons. The molecule has 0 atom stereocenters. The van der Waals surface area contributed by atoms with Gasteiger partial charge in [0.15, 0.2) is 0 Å². The van der Waals surface area contributed by atoms with Gasteiger partial charge >= 0.3 is 0 Å². The van der Waals surface area contributed by atoms with Crippen LogP contribution in [0.5, 0.6) is 0 Å². The lowest BCUT2D eigenvalue weighted by molar-refractivity contribution is 0.568. The van der Waals surface area contributed by atoms with Crippen molar-refractivity contribution in [2.75, 3.05) is 0 Å². The second-order valence-electron chi connectivity index (χ2n) is 13.5. The highest BCUT2D eigenvalue weighted by Gasteiger charge is 2.16. The Labute approximate surface area is 278 Å². The summed E-state index contributed by atoms with van der Waals surface area (Å²) in [6, 6.07) is 16.7. The highest BCUT2D eigenvalue weighted by Crippen LogP contribution is 2.32. The van der Waals surface area contributed by atoms with Crippen LogP contribution in [0, 0.1) is 0 Å². The summed E-state index contributed by atoms with van der Waals surface area (Å²) in [6.07, 6.45) is 1.83. The number of hydrogen-bond donors (Lipinski definition) is 0. The van der Waals surface area contributed by atoms with E-state index in [0.29, 0.717) is 10.8 Å². The Morgan fingerprint density at radius 1 is 0.600 bits per heavy atom. The zero-order valence-corrected chi connectivity index (χ0v) is 32.5. The number of rotatable bonds is 0. The molecule has 0 radical (unpaired) electrons. The average Bonchev–Trinajstić information content (AvgIpc) is 3.55. The van der Waals surface area contributed by atoms with Gasteiger partial charge in [-0.25, -0.2) is 0 Å². The predicted octanol–water partition coefficient (Wildman–Crippen LogP) is 13.7. The van der Waals surface area contributed by atoms with E-state index in [1.54, 1.807) is 11.3 Å². The molecule has 40 heavy (non-hydrogen) atoms. The molecular weight excluding hydrogens is 702 g/mol. The summed E-state index contributed by atoms with van der Waals surface area (Å²) in [7, 11) is 0. The normalized spacial score (nSPS) is 11.9. The Balaban J connectivity index is 0.000000267. The van der Waals surface area contributed by atoms with Crippen molar-refractivity contribution >= 4 is 77.5 Å². The van der Waals surface area contributed by atoms with Crippen LogP contribution in [0.15, 0.2) is 68.4 Å². The van der Waals surface area contributed by atoms with Crippen molar-refractivity contribution in [1.82, 2.24) is 4.98 Å². The van der Waals surface area contributed by atoms with Gasteiger partial charge in [-0.3, -0.25) is 4.98 Å². The lowest BCUT2D eigenvalue weighted by Gasteiger charge is -2.16. The van der Waals surface area contributed by atoms with Gasteiger partial charge in [0.05, 0.1) is 8.12 Å². The molecule has 4 aromatic heterocycles. The number of hydrogen-bond acceptors (Lipinski definition) is 4. The third-order valence-corrected chi connectivity index (χ3v) is 10.9. The van der Waals surface area contributed by atoms with E-state index in [1.807, 2.05) is 47.1 Å². The standard InChI is InChI=1S/C9H12BrN.C8H11BrS.C8H11ClS.C8H12S/c1-9(2,3)8-5-4-7(10)6-11-8;2*1-8(2,3)6-4-5-7(9)10-6;1-8(2,3)7-5-4-6-9-7/h4-6H,1-3H3;2*4-5H,1-3H3;4-6H,1-3H3. The van der Waals surface area contributed by atoms with Crippen LogP contribution < -0.4 is 0 Å². The third kappa shape index (κ3) is 14.6. The number of aromatic nitrogens is 1. The monoisotopic (exact) mass is 745 g/mol. The van der Waals surface area contributed by atoms with Gasteiger partial charge < -0.3 is 0 Å². The van der Waals surface area contributed by atoms with Crippen molar-refractivity contribution in [3.05, 3.63) is 93.0 Å². The van der Waals surface area contributed by atoms with Crippen LogP contribution in [-0.2, 0) is 21.7 Å².